The van der Waals surface area contributed by atoms with Gasteiger partial charge in [0, 0.05) is 6.42 Å². The highest BCUT2D eigenvalue weighted by Gasteiger charge is 2.12. The lowest BCUT2D eigenvalue weighted by molar-refractivity contribution is 0.731. The lowest BCUT2D eigenvalue weighted by Gasteiger charge is -2.04. The van der Waals surface area contributed by atoms with Crippen molar-refractivity contribution in [3.63, 3.8) is 0 Å². The third-order valence-corrected chi connectivity index (χ3v) is 2.65. The van der Waals surface area contributed by atoms with Crippen LogP contribution in [0.5, 0.6) is 0 Å². The van der Waals surface area contributed by atoms with Crippen LogP contribution in [0.4, 0.5) is 5.82 Å². The predicted octanol–water partition coefficient (Wildman–Crippen LogP) is 2.39. The molecule has 16 heavy (non-hydrogen) atoms. The molecule has 1 heterocycles. The smallest absolute Gasteiger partial charge is 0.127 e. The van der Waals surface area contributed by atoms with Gasteiger partial charge in [0.2, 0.25) is 0 Å². The van der Waals surface area contributed by atoms with Crippen molar-refractivity contribution in [3.8, 4) is 12.3 Å². The van der Waals surface area contributed by atoms with Gasteiger partial charge in [0.25, 0.3) is 0 Å². The summed E-state index contributed by atoms with van der Waals surface area (Å²) in [6.07, 6.45) is 10.6. The average molecular weight is 219 g/mol. The minimum Gasteiger partial charge on any atom is -0.384 e. The second-order valence-corrected chi connectivity index (χ2v) is 4.00. The average Bonchev–Trinajstić information content (AvgIpc) is 2.56. The lowest BCUT2D eigenvalue weighted by Crippen LogP contribution is -2.06. The van der Waals surface area contributed by atoms with E-state index in [0.29, 0.717) is 6.54 Å². The second-order valence-electron chi connectivity index (χ2n) is 4.00. The predicted molar refractivity (Wildman–Crippen MR) is 68.1 cm³/mol. The number of nitrogens with zero attached hydrogens (tertiary/aromatic N) is 2. The number of nitrogen functional groups attached to an aromatic ring is 1. The summed E-state index contributed by atoms with van der Waals surface area (Å²) in [7, 11) is 0. The SMILES string of the molecule is C#CCn1c(CCC)nc(CCCC)c1N. The van der Waals surface area contributed by atoms with Crippen LogP contribution in [0.1, 0.15) is 44.6 Å². The first-order chi connectivity index (χ1) is 7.74. The molecule has 0 atom stereocenters. The zero-order valence-corrected chi connectivity index (χ0v) is 10.3. The van der Waals surface area contributed by atoms with Crippen molar-refractivity contribution in [2.45, 2.75) is 52.5 Å². The molecule has 88 valence electrons. The number of hydrogen-bond acceptors (Lipinski definition) is 2. The summed E-state index contributed by atoms with van der Waals surface area (Å²) >= 11 is 0. The van der Waals surface area contributed by atoms with Crippen molar-refractivity contribution in [3.05, 3.63) is 11.5 Å². The molecule has 0 fully saturated rings. The van der Waals surface area contributed by atoms with Gasteiger partial charge in [-0.15, -0.1) is 6.42 Å². The Bertz CT molecular complexity index is 371. The molecule has 1 rings (SSSR count). The Morgan fingerprint density at radius 2 is 2.06 bits per heavy atom. The molecule has 0 radical (unpaired) electrons. The fraction of sp³-hybridized carbons (Fsp3) is 0.615. The Balaban J connectivity index is 2.94. The summed E-state index contributed by atoms with van der Waals surface area (Å²) in [5.41, 5.74) is 7.08. The highest BCUT2D eigenvalue weighted by molar-refractivity contribution is 5.39. The monoisotopic (exact) mass is 219 g/mol. The number of rotatable bonds is 6. The minimum absolute atomic E-state index is 0.528. The van der Waals surface area contributed by atoms with Crippen molar-refractivity contribution in [1.29, 1.82) is 0 Å². The number of aromatic nitrogens is 2. The van der Waals surface area contributed by atoms with Crippen LogP contribution in [0.15, 0.2) is 0 Å². The first-order valence-electron chi connectivity index (χ1n) is 6.01. The molecule has 0 aromatic carbocycles. The minimum atomic E-state index is 0.528. The number of imidazole rings is 1. The largest absolute Gasteiger partial charge is 0.384 e. The molecule has 0 saturated carbocycles. The van der Waals surface area contributed by atoms with Crippen LogP contribution in [0.25, 0.3) is 0 Å². The number of aryl methyl sites for hydroxylation is 2. The van der Waals surface area contributed by atoms with Gasteiger partial charge in [-0.2, -0.15) is 0 Å². The number of nitrogens with two attached hydrogens (primary N) is 1. The van der Waals surface area contributed by atoms with Gasteiger partial charge >= 0.3 is 0 Å². The van der Waals surface area contributed by atoms with Crippen LogP contribution in [0, 0.1) is 12.3 Å². The molecule has 0 aliphatic carbocycles. The summed E-state index contributed by atoms with van der Waals surface area (Å²) in [6.45, 7) is 4.83. The van der Waals surface area contributed by atoms with Gasteiger partial charge < -0.3 is 10.3 Å². The molecule has 0 unspecified atom stereocenters. The summed E-state index contributed by atoms with van der Waals surface area (Å²) < 4.78 is 1.97. The van der Waals surface area contributed by atoms with Gasteiger partial charge in [-0.25, -0.2) is 4.98 Å². The van der Waals surface area contributed by atoms with Gasteiger partial charge in [-0.05, 0) is 19.3 Å². The van der Waals surface area contributed by atoms with Gasteiger partial charge in [-0.3, -0.25) is 0 Å². The van der Waals surface area contributed by atoms with Crippen molar-refractivity contribution >= 4 is 5.82 Å². The summed E-state index contributed by atoms with van der Waals surface area (Å²) in [5.74, 6) is 4.43. The maximum atomic E-state index is 6.07. The van der Waals surface area contributed by atoms with Crippen molar-refractivity contribution < 1.29 is 0 Å². The van der Waals surface area contributed by atoms with Crippen LogP contribution in [-0.2, 0) is 19.4 Å². The fourth-order valence-electron chi connectivity index (χ4n) is 1.78. The Kier molecular flexibility index (Phi) is 4.91. The van der Waals surface area contributed by atoms with Crippen LogP contribution in [-0.4, -0.2) is 9.55 Å². The van der Waals surface area contributed by atoms with E-state index in [4.69, 9.17) is 12.2 Å². The standard InChI is InChI=1S/C13H21N3/c1-4-7-9-11-13(14)16(10-6-3)12(15-11)8-5-2/h3H,4-5,7-10,14H2,1-2H3. The molecule has 1 aromatic rings. The van der Waals surface area contributed by atoms with Gasteiger partial charge in [-0.1, -0.05) is 26.2 Å². The Labute approximate surface area is 98.1 Å². The normalized spacial score (nSPS) is 10.3. The maximum Gasteiger partial charge on any atom is 0.127 e. The van der Waals surface area contributed by atoms with Gasteiger partial charge in [0.15, 0.2) is 0 Å². The molecule has 0 aliphatic heterocycles. The molecule has 2 N–H and O–H groups in total. The zero-order chi connectivity index (χ0) is 12.0. The van der Waals surface area contributed by atoms with E-state index >= 15 is 0 Å². The van der Waals surface area contributed by atoms with E-state index in [2.05, 4.69) is 24.8 Å². The van der Waals surface area contributed by atoms with Crippen LogP contribution in [0.3, 0.4) is 0 Å². The quantitative estimate of drug-likeness (QED) is 0.747. The molecule has 0 amide bonds. The second kappa shape index (κ2) is 6.22. The van der Waals surface area contributed by atoms with E-state index in [1.807, 2.05) is 4.57 Å². The van der Waals surface area contributed by atoms with Crippen LogP contribution >= 0.6 is 0 Å². The van der Waals surface area contributed by atoms with E-state index in [9.17, 15) is 0 Å². The number of unbranched alkanes of at least 4 members (excludes halogenated alkanes) is 1. The number of hydrogen-bond donors (Lipinski definition) is 1. The van der Waals surface area contributed by atoms with Crippen LogP contribution in [0.2, 0.25) is 0 Å². The van der Waals surface area contributed by atoms with Crippen LogP contribution < -0.4 is 5.73 Å². The molecule has 3 nitrogen and oxygen atoms in total. The third-order valence-electron chi connectivity index (χ3n) is 2.65. The molecule has 0 spiro atoms. The molecular formula is C13H21N3. The summed E-state index contributed by atoms with van der Waals surface area (Å²) in [6, 6.07) is 0. The molecule has 0 aliphatic rings. The Morgan fingerprint density at radius 1 is 1.31 bits per heavy atom. The van der Waals surface area contributed by atoms with Crippen molar-refractivity contribution in [2.24, 2.45) is 0 Å². The third kappa shape index (κ3) is 2.79. The number of anilines is 1. The highest BCUT2D eigenvalue weighted by Crippen LogP contribution is 2.17. The Morgan fingerprint density at radius 3 is 2.62 bits per heavy atom. The van der Waals surface area contributed by atoms with E-state index < -0.39 is 0 Å². The zero-order valence-electron chi connectivity index (χ0n) is 10.3. The summed E-state index contributed by atoms with van der Waals surface area (Å²) in [5, 5.41) is 0. The van der Waals surface area contributed by atoms with Crippen molar-refractivity contribution in [2.75, 3.05) is 5.73 Å². The fourth-order valence-corrected chi connectivity index (χ4v) is 1.78. The molecule has 1 aromatic heterocycles. The van der Waals surface area contributed by atoms with E-state index in [0.717, 1.165) is 49.4 Å². The topological polar surface area (TPSA) is 43.8 Å². The van der Waals surface area contributed by atoms with Gasteiger partial charge in [0.05, 0.1) is 12.2 Å². The van der Waals surface area contributed by atoms with E-state index in [1.165, 1.54) is 0 Å². The molecule has 3 heteroatoms. The number of terminal acetylenes is 1. The molecule has 0 bridgehead atoms. The maximum absolute atomic E-state index is 6.07. The molecule has 0 saturated heterocycles. The first kappa shape index (κ1) is 12.6. The highest BCUT2D eigenvalue weighted by atomic mass is 15.1. The van der Waals surface area contributed by atoms with Crippen molar-refractivity contribution in [1.82, 2.24) is 9.55 Å². The lowest BCUT2D eigenvalue weighted by atomic mass is 10.2. The van der Waals surface area contributed by atoms with E-state index in [-0.39, 0.29) is 0 Å². The van der Waals surface area contributed by atoms with Gasteiger partial charge in [0.1, 0.15) is 11.6 Å². The van der Waals surface area contributed by atoms with E-state index in [1.54, 1.807) is 0 Å². The summed E-state index contributed by atoms with van der Waals surface area (Å²) in [4.78, 5) is 4.60. The molecular weight excluding hydrogens is 198 g/mol. The first-order valence-corrected chi connectivity index (χ1v) is 6.01. The Hall–Kier alpha value is -1.43.